The van der Waals surface area contributed by atoms with Crippen LogP contribution in [0, 0.1) is 5.92 Å². The molecule has 1 amide bonds. The van der Waals surface area contributed by atoms with Gasteiger partial charge in [-0.3, -0.25) is 9.36 Å². The van der Waals surface area contributed by atoms with Crippen LogP contribution in [0.15, 0.2) is 59.8 Å². The highest BCUT2D eigenvalue weighted by atomic mass is 32.2. The molecule has 0 radical (unpaired) electrons. The minimum Gasteiger partial charge on any atom is -0.497 e. The fourth-order valence-corrected chi connectivity index (χ4v) is 4.59. The van der Waals surface area contributed by atoms with Gasteiger partial charge in [0.2, 0.25) is 5.91 Å². The van der Waals surface area contributed by atoms with Crippen molar-refractivity contribution in [1.29, 1.82) is 0 Å². The van der Waals surface area contributed by atoms with E-state index in [1.807, 2.05) is 64.1 Å². The van der Waals surface area contributed by atoms with E-state index in [0.29, 0.717) is 16.8 Å². The van der Waals surface area contributed by atoms with E-state index in [1.165, 1.54) is 18.2 Å². The van der Waals surface area contributed by atoms with E-state index in [9.17, 15) is 4.79 Å². The highest BCUT2D eigenvalue weighted by Gasteiger charge is 2.23. The van der Waals surface area contributed by atoms with Crippen LogP contribution in [-0.4, -0.2) is 51.5 Å². The molecule has 0 spiro atoms. The van der Waals surface area contributed by atoms with Gasteiger partial charge in [-0.1, -0.05) is 49.0 Å². The Morgan fingerprint density at radius 3 is 2.60 bits per heavy atom. The van der Waals surface area contributed by atoms with Crippen LogP contribution in [0.25, 0.3) is 17.1 Å². The monoisotopic (exact) mass is 422 g/mol. The first-order valence-corrected chi connectivity index (χ1v) is 11.2. The van der Waals surface area contributed by atoms with E-state index < -0.39 is 0 Å². The summed E-state index contributed by atoms with van der Waals surface area (Å²) in [6.45, 7) is 3.91. The molecule has 1 aliphatic rings. The fraction of sp³-hybridized carbons (Fsp3) is 0.348. The minimum absolute atomic E-state index is 0.164. The van der Waals surface area contributed by atoms with Gasteiger partial charge >= 0.3 is 0 Å². The number of hydrogen-bond acceptors (Lipinski definition) is 5. The molecular formula is C23H26N4O2S. The zero-order valence-corrected chi connectivity index (χ0v) is 18.1. The molecule has 30 heavy (non-hydrogen) atoms. The summed E-state index contributed by atoms with van der Waals surface area (Å²) in [7, 11) is 1.65. The topological polar surface area (TPSA) is 60.2 Å². The second kappa shape index (κ2) is 9.34. The number of rotatable bonds is 6. The highest BCUT2D eigenvalue weighted by molar-refractivity contribution is 7.99. The number of benzene rings is 2. The maximum absolute atomic E-state index is 12.8. The quantitative estimate of drug-likeness (QED) is 0.555. The number of aromatic nitrogens is 3. The summed E-state index contributed by atoms with van der Waals surface area (Å²) in [5.41, 5.74) is 1.91. The molecule has 7 heteroatoms. The molecule has 2 heterocycles. The van der Waals surface area contributed by atoms with Gasteiger partial charge in [-0.15, -0.1) is 10.2 Å². The molecule has 6 nitrogen and oxygen atoms in total. The Bertz CT molecular complexity index is 988. The van der Waals surface area contributed by atoms with E-state index in [-0.39, 0.29) is 5.91 Å². The lowest BCUT2D eigenvalue weighted by molar-refractivity contribution is -0.130. The van der Waals surface area contributed by atoms with Gasteiger partial charge < -0.3 is 9.64 Å². The van der Waals surface area contributed by atoms with Crippen molar-refractivity contribution in [2.45, 2.75) is 24.9 Å². The minimum atomic E-state index is 0.164. The van der Waals surface area contributed by atoms with Crippen LogP contribution >= 0.6 is 11.8 Å². The van der Waals surface area contributed by atoms with Gasteiger partial charge in [0, 0.05) is 24.3 Å². The summed E-state index contributed by atoms with van der Waals surface area (Å²) in [4.78, 5) is 14.7. The molecule has 1 aromatic heterocycles. The molecule has 2 aromatic carbocycles. The van der Waals surface area contributed by atoms with Crippen LogP contribution in [-0.2, 0) is 4.79 Å². The number of carbonyl (C=O) groups excluding carboxylic acids is 1. The summed E-state index contributed by atoms with van der Waals surface area (Å²) in [5.74, 6) is 2.63. The van der Waals surface area contributed by atoms with E-state index in [0.717, 1.165) is 42.3 Å². The molecule has 1 atom stereocenters. The van der Waals surface area contributed by atoms with E-state index in [4.69, 9.17) is 4.74 Å². The van der Waals surface area contributed by atoms with Gasteiger partial charge in [0.05, 0.1) is 12.9 Å². The second-order valence-corrected chi connectivity index (χ2v) is 8.52. The molecule has 0 N–H and O–H groups in total. The largest absolute Gasteiger partial charge is 0.497 e. The third kappa shape index (κ3) is 4.51. The molecule has 3 aromatic rings. The van der Waals surface area contributed by atoms with Crippen LogP contribution in [0.1, 0.15) is 19.8 Å². The lowest BCUT2D eigenvalue weighted by Gasteiger charge is -2.30. The average Bonchev–Trinajstić information content (AvgIpc) is 3.22. The number of thioether (sulfide) groups is 1. The van der Waals surface area contributed by atoms with Crippen molar-refractivity contribution in [1.82, 2.24) is 19.7 Å². The Kier molecular flexibility index (Phi) is 6.38. The van der Waals surface area contributed by atoms with Crippen molar-refractivity contribution < 1.29 is 9.53 Å². The number of nitrogens with zero attached hydrogens (tertiary/aromatic N) is 4. The zero-order chi connectivity index (χ0) is 20.9. The SMILES string of the molecule is COc1ccc(-n2c(SCC(=O)N3CCCC(C)C3)nnc2-c2ccccc2)cc1. The van der Waals surface area contributed by atoms with Crippen molar-refractivity contribution in [2.24, 2.45) is 5.92 Å². The predicted octanol–water partition coefficient (Wildman–Crippen LogP) is 4.29. The number of ether oxygens (including phenoxy) is 1. The standard InChI is InChI=1S/C23H26N4O2S/c1-17-7-6-14-26(15-17)21(28)16-30-23-25-24-22(18-8-4-3-5-9-18)27(23)19-10-12-20(29-2)13-11-19/h3-5,8-13,17H,6-7,14-16H2,1-2H3. The number of piperidine rings is 1. The second-order valence-electron chi connectivity index (χ2n) is 7.58. The summed E-state index contributed by atoms with van der Waals surface area (Å²) >= 11 is 1.44. The fourth-order valence-electron chi connectivity index (χ4n) is 3.74. The lowest BCUT2D eigenvalue weighted by Crippen LogP contribution is -2.40. The van der Waals surface area contributed by atoms with Crippen LogP contribution in [0.2, 0.25) is 0 Å². The van der Waals surface area contributed by atoms with Gasteiger partial charge in [-0.05, 0) is 43.0 Å². The van der Waals surface area contributed by atoms with Gasteiger partial charge in [0.1, 0.15) is 5.75 Å². The van der Waals surface area contributed by atoms with E-state index >= 15 is 0 Å². The maximum Gasteiger partial charge on any atom is 0.233 e. The first-order chi connectivity index (χ1) is 14.7. The smallest absolute Gasteiger partial charge is 0.233 e. The molecule has 1 saturated heterocycles. The summed E-state index contributed by atoms with van der Waals surface area (Å²) in [6, 6.07) is 17.8. The molecular weight excluding hydrogens is 396 g/mol. The molecule has 1 fully saturated rings. The maximum atomic E-state index is 12.8. The Morgan fingerprint density at radius 1 is 1.13 bits per heavy atom. The average molecular weight is 423 g/mol. The summed E-state index contributed by atoms with van der Waals surface area (Å²) in [6.07, 6.45) is 2.28. The lowest BCUT2D eigenvalue weighted by atomic mass is 10.0. The van der Waals surface area contributed by atoms with Crippen LogP contribution in [0.5, 0.6) is 5.75 Å². The Labute approximate surface area is 181 Å². The van der Waals surface area contributed by atoms with Crippen molar-refractivity contribution in [3.05, 3.63) is 54.6 Å². The predicted molar refractivity (Wildman–Crippen MR) is 119 cm³/mol. The molecule has 1 unspecified atom stereocenters. The Morgan fingerprint density at radius 2 is 1.90 bits per heavy atom. The van der Waals surface area contributed by atoms with Crippen molar-refractivity contribution in [3.8, 4) is 22.8 Å². The molecule has 4 rings (SSSR count). The third-order valence-corrected chi connectivity index (χ3v) is 6.24. The van der Waals surface area contributed by atoms with Gasteiger partial charge in [-0.2, -0.15) is 0 Å². The van der Waals surface area contributed by atoms with E-state index in [1.54, 1.807) is 7.11 Å². The molecule has 0 saturated carbocycles. The first-order valence-electron chi connectivity index (χ1n) is 10.2. The molecule has 1 aliphatic heterocycles. The van der Waals surface area contributed by atoms with Crippen molar-refractivity contribution in [3.63, 3.8) is 0 Å². The number of amides is 1. The Balaban J connectivity index is 1.61. The third-order valence-electron chi connectivity index (χ3n) is 5.33. The van der Waals surface area contributed by atoms with Crippen LogP contribution in [0.4, 0.5) is 0 Å². The first kappa shape index (κ1) is 20.5. The molecule has 0 aliphatic carbocycles. The van der Waals surface area contributed by atoms with E-state index in [2.05, 4.69) is 17.1 Å². The van der Waals surface area contributed by atoms with Gasteiger partial charge in [-0.25, -0.2) is 0 Å². The van der Waals surface area contributed by atoms with Crippen LogP contribution in [0.3, 0.4) is 0 Å². The van der Waals surface area contributed by atoms with Gasteiger partial charge in [0.25, 0.3) is 0 Å². The van der Waals surface area contributed by atoms with Crippen LogP contribution < -0.4 is 4.74 Å². The molecule has 156 valence electrons. The summed E-state index contributed by atoms with van der Waals surface area (Å²) in [5, 5.41) is 9.57. The Hall–Kier alpha value is -2.80. The number of hydrogen-bond donors (Lipinski definition) is 0. The number of carbonyl (C=O) groups is 1. The molecule has 0 bridgehead atoms. The number of likely N-dealkylation sites (tertiary alicyclic amines) is 1. The van der Waals surface area contributed by atoms with Gasteiger partial charge in [0.15, 0.2) is 11.0 Å². The zero-order valence-electron chi connectivity index (χ0n) is 17.3. The summed E-state index contributed by atoms with van der Waals surface area (Å²) < 4.78 is 7.30. The number of methoxy groups -OCH3 is 1. The van der Waals surface area contributed by atoms with Crippen molar-refractivity contribution in [2.75, 3.05) is 26.0 Å². The normalized spacial score (nSPS) is 16.5. The highest BCUT2D eigenvalue weighted by Crippen LogP contribution is 2.29. The van der Waals surface area contributed by atoms with Crippen molar-refractivity contribution >= 4 is 17.7 Å².